The molecule has 126 valence electrons. The normalized spacial score (nSPS) is 28.2. The molecular weight excluding hydrogens is 276 g/mol. The number of hydrogen-bond donors (Lipinski definition) is 0. The van der Waals surface area contributed by atoms with Gasteiger partial charge in [-0.25, -0.2) is 0 Å². The highest BCUT2D eigenvalue weighted by Gasteiger charge is 2.25. The van der Waals surface area contributed by atoms with Gasteiger partial charge in [0.1, 0.15) is 0 Å². The number of amides is 1. The molecule has 22 heavy (non-hydrogen) atoms. The molecule has 0 N–H and O–H groups in total. The second-order valence-corrected chi connectivity index (χ2v) is 7.36. The van der Waals surface area contributed by atoms with Crippen molar-refractivity contribution in [2.24, 2.45) is 5.92 Å². The van der Waals surface area contributed by atoms with E-state index in [0.717, 1.165) is 58.1 Å². The number of hydrogen-bond acceptors (Lipinski definition) is 3. The molecule has 4 nitrogen and oxygen atoms in total. The van der Waals surface area contributed by atoms with Crippen LogP contribution in [0.15, 0.2) is 0 Å². The van der Waals surface area contributed by atoms with Gasteiger partial charge >= 0.3 is 0 Å². The zero-order chi connectivity index (χ0) is 15.2. The third-order valence-corrected chi connectivity index (χ3v) is 5.70. The number of carbonyl (C=O) groups excluding carboxylic acids is 1. The SMILES string of the molecule is O=C(CCC1CCCC1)N1CCN(CC2CCCCO2)CC1. The molecule has 1 aliphatic carbocycles. The Hall–Kier alpha value is -0.610. The molecule has 2 heterocycles. The van der Waals surface area contributed by atoms with Gasteiger partial charge in [0.15, 0.2) is 0 Å². The van der Waals surface area contributed by atoms with E-state index in [1.165, 1.54) is 44.9 Å². The zero-order valence-electron chi connectivity index (χ0n) is 14.0. The van der Waals surface area contributed by atoms with Gasteiger partial charge in [-0.05, 0) is 31.6 Å². The monoisotopic (exact) mass is 308 g/mol. The van der Waals surface area contributed by atoms with E-state index < -0.39 is 0 Å². The van der Waals surface area contributed by atoms with Crippen LogP contribution in [0.25, 0.3) is 0 Å². The molecule has 0 spiro atoms. The molecule has 3 rings (SSSR count). The van der Waals surface area contributed by atoms with Gasteiger partial charge in [0, 0.05) is 45.8 Å². The minimum absolute atomic E-state index is 0.389. The predicted octanol–water partition coefficient (Wildman–Crippen LogP) is 2.67. The van der Waals surface area contributed by atoms with Gasteiger partial charge in [-0.1, -0.05) is 25.7 Å². The lowest BCUT2D eigenvalue weighted by Gasteiger charge is -2.37. The van der Waals surface area contributed by atoms with Crippen LogP contribution in [0, 0.1) is 5.92 Å². The van der Waals surface area contributed by atoms with Crippen molar-refractivity contribution in [2.45, 2.75) is 63.9 Å². The van der Waals surface area contributed by atoms with Crippen molar-refractivity contribution in [2.75, 3.05) is 39.3 Å². The maximum absolute atomic E-state index is 12.3. The van der Waals surface area contributed by atoms with Gasteiger partial charge in [-0.3, -0.25) is 9.69 Å². The highest BCUT2D eigenvalue weighted by molar-refractivity contribution is 5.76. The average Bonchev–Trinajstić information content (AvgIpc) is 3.08. The van der Waals surface area contributed by atoms with E-state index in [1.807, 2.05) is 0 Å². The predicted molar refractivity (Wildman–Crippen MR) is 87.8 cm³/mol. The largest absolute Gasteiger partial charge is 0.377 e. The maximum atomic E-state index is 12.3. The molecule has 0 aromatic rings. The number of rotatable bonds is 5. The van der Waals surface area contributed by atoms with E-state index >= 15 is 0 Å². The lowest BCUT2D eigenvalue weighted by atomic mass is 10.0. The van der Waals surface area contributed by atoms with Gasteiger partial charge in [-0.2, -0.15) is 0 Å². The topological polar surface area (TPSA) is 32.8 Å². The zero-order valence-corrected chi connectivity index (χ0v) is 14.0. The Bertz CT molecular complexity index is 341. The Morgan fingerprint density at radius 2 is 1.68 bits per heavy atom. The second-order valence-electron chi connectivity index (χ2n) is 7.36. The van der Waals surface area contributed by atoms with E-state index in [4.69, 9.17) is 4.74 Å². The Labute approximate surface area is 135 Å². The Morgan fingerprint density at radius 1 is 0.955 bits per heavy atom. The van der Waals surface area contributed by atoms with Gasteiger partial charge < -0.3 is 9.64 Å². The molecule has 1 atom stereocenters. The third-order valence-electron chi connectivity index (χ3n) is 5.70. The molecule has 1 unspecified atom stereocenters. The minimum atomic E-state index is 0.389. The highest BCUT2D eigenvalue weighted by Crippen LogP contribution is 2.28. The van der Waals surface area contributed by atoms with Crippen LogP contribution in [0.1, 0.15) is 57.8 Å². The summed E-state index contributed by atoms with van der Waals surface area (Å²) in [6, 6.07) is 0. The first-order chi connectivity index (χ1) is 10.8. The Kier molecular flexibility index (Phi) is 6.13. The summed E-state index contributed by atoms with van der Waals surface area (Å²) in [4.78, 5) is 16.9. The van der Waals surface area contributed by atoms with Crippen LogP contribution in [-0.4, -0.2) is 61.1 Å². The first-order valence-electron chi connectivity index (χ1n) is 9.43. The van der Waals surface area contributed by atoms with Crippen LogP contribution < -0.4 is 0 Å². The van der Waals surface area contributed by atoms with Crippen molar-refractivity contribution in [3.05, 3.63) is 0 Å². The lowest BCUT2D eigenvalue weighted by Crippen LogP contribution is -2.50. The van der Waals surface area contributed by atoms with Crippen molar-refractivity contribution in [3.63, 3.8) is 0 Å². The van der Waals surface area contributed by atoms with Crippen molar-refractivity contribution in [1.29, 1.82) is 0 Å². The molecular formula is C18H32N2O2. The molecule has 3 fully saturated rings. The maximum Gasteiger partial charge on any atom is 0.222 e. The number of piperazine rings is 1. The summed E-state index contributed by atoms with van der Waals surface area (Å²) in [6.07, 6.45) is 11.5. The summed E-state index contributed by atoms with van der Waals surface area (Å²) >= 11 is 0. The van der Waals surface area contributed by atoms with E-state index in [1.54, 1.807) is 0 Å². The van der Waals surface area contributed by atoms with E-state index in [0.29, 0.717) is 12.0 Å². The third kappa shape index (κ3) is 4.69. The van der Waals surface area contributed by atoms with Crippen molar-refractivity contribution < 1.29 is 9.53 Å². The molecule has 0 bridgehead atoms. The summed E-state index contributed by atoms with van der Waals surface area (Å²) < 4.78 is 5.83. The van der Waals surface area contributed by atoms with E-state index in [-0.39, 0.29) is 0 Å². The number of nitrogens with zero attached hydrogens (tertiary/aromatic N) is 2. The molecule has 1 amide bonds. The molecule has 2 saturated heterocycles. The molecule has 0 aromatic carbocycles. The van der Waals surface area contributed by atoms with Gasteiger partial charge in [0.25, 0.3) is 0 Å². The summed E-state index contributed by atoms with van der Waals surface area (Å²) in [5.74, 6) is 1.22. The van der Waals surface area contributed by atoms with Crippen LogP contribution >= 0.6 is 0 Å². The fraction of sp³-hybridized carbons (Fsp3) is 0.944. The van der Waals surface area contributed by atoms with Crippen LogP contribution in [0.4, 0.5) is 0 Å². The smallest absolute Gasteiger partial charge is 0.222 e. The van der Waals surface area contributed by atoms with Crippen LogP contribution in [0.2, 0.25) is 0 Å². The van der Waals surface area contributed by atoms with Gasteiger partial charge in [0.05, 0.1) is 6.10 Å². The van der Waals surface area contributed by atoms with Crippen LogP contribution in [0.3, 0.4) is 0 Å². The second kappa shape index (κ2) is 8.30. The fourth-order valence-electron chi connectivity index (χ4n) is 4.20. The minimum Gasteiger partial charge on any atom is -0.377 e. The Morgan fingerprint density at radius 3 is 2.36 bits per heavy atom. The Balaban J connectivity index is 1.32. The van der Waals surface area contributed by atoms with Gasteiger partial charge in [-0.15, -0.1) is 0 Å². The lowest BCUT2D eigenvalue weighted by molar-refractivity contribution is -0.133. The molecule has 4 heteroatoms. The average molecular weight is 308 g/mol. The molecule has 1 saturated carbocycles. The van der Waals surface area contributed by atoms with Crippen LogP contribution in [-0.2, 0) is 9.53 Å². The molecule has 2 aliphatic heterocycles. The summed E-state index contributed by atoms with van der Waals surface area (Å²) in [5.41, 5.74) is 0. The molecule has 3 aliphatic rings. The van der Waals surface area contributed by atoms with Crippen LogP contribution in [0.5, 0.6) is 0 Å². The fourth-order valence-corrected chi connectivity index (χ4v) is 4.20. The van der Waals surface area contributed by atoms with Gasteiger partial charge in [0.2, 0.25) is 5.91 Å². The van der Waals surface area contributed by atoms with E-state index in [2.05, 4.69) is 9.80 Å². The van der Waals surface area contributed by atoms with Crippen molar-refractivity contribution in [3.8, 4) is 0 Å². The molecule has 0 aromatic heterocycles. The molecule has 0 radical (unpaired) electrons. The summed E-state index contributed by atoms with van der Waals surface area (Å²) in [5, 5.41) is 0. The van der Waals surface area contributed by atoms with Crippen molar-refractivity contribution in [1.82, 2.24) is 9.80 Å². The standard InChI is InChI=1S/C18H32N2O2/c21-18(9-8-16-5-1-2-6-16)20-12-10-19(11-13-20)15-17-7-3-4-14-22-17/h16-17H,1-15H2. The quantitative estimate of drug-likeness (QED) is 0.783. The summed E-state index contributed by atoms with van der Waals surface area (Å²) in [7, 11) is 0. The highest BCUT2D eigenvalue weighted by atomic mass is 16.5. The number of carbonyl (C=O) groups is 1. The number of ether oxygens (including phenoxy) is 1. The first kappa shape index (κ1) is 16.3. The summed E-state index contributed by atoms with van der Waals surface area (Å²) in [6.45, 7) is 5.87. The van der Waals surface area contributed by atoms with E-state index in [9.17, 15) is 4.79 Å². The first-order valence-corrected chi connectivity index (χ1v) is 9.43. The van der Waals surface area contributed by atoms with Crippen molar-refractivity contribution >= 4 is 5.91 Å².